The van der Waals surface area contributed by atoms with Gasteiger partial charge in [0, 0.05) is 24.5 Å². The van der Waals surface area contributed by atoms with Crippen molar-refractivity contribution in [3.63, 3.8) is 0 Å². The van der Waals surface area contributed by atoms with Crippen molar-refractivity contribution in [3.05, 3.63) is 34.7 Å². The fraction of sp³-hybridized carbons (Fsp3) is 0.538. The van der Waals surface area contributed by atoms with Crippen LogP contribution in [0.15, 0.2) is 29.3 Å². The highest BCUT2D eigenvalue weighted by atomic mass is 16.5. The number of esters is 1. The number of aromatic nitrogens is 1. The molecule has 17 heavy (non-hydrogen) atoms. The molecule has 1 aromatic heterocycles. The molecule has 0 aliphatic heterocycles. The van der Waals surface area contributed by atoms with Crippen molar-refractivity contribution in [2.75, 3.05) is 0 Å². The van der Waals surface area contributed by atoms with Gasteiger partial charge in [0.15, 0.2) is 5.43 Å². The van der Waals surface area contributed by atoms with E-state index in [2.05, 4.69) is 0 Å². The first kappa shape index (κ1) is 13.5. The van der Waals surface area contributed by atoms with E-state index < -0.39 is 0 Å². The molecule has 0 saturated heterocycles. The Bertz CT molecular complexity index is 422. The molecular formula is C13H19NO3. The maximum absolute atomic E-state index is 11.6. The molecule has 0 aliphatic rings. The predicted molar refractivity (Wildman–Crippen MR) is 65.7 cm³/mol. The summed E-state index contributed by atoms with van der Waals surface area (Å²) in [6, 6.07) is 2.83. The Hall–Kier alpha value is -1.58. The minimum Gasteiger partial charge on any atom is -0.461 e. The molecule has 0 radical (unpaired) electrons. The lowest BCUT2D eigenvalue weighted by Gasteiger charge is -2.26. The van der Waals surface area contributed by atoms with Gasteiger partial charge in [0.25, 0.3) is 0 Å². The van der Waals surface area contributed by atoms with Crippen LogP contribution in [-0.2, 0) is 16.1 Å². The van der Waals surface area contributed by atoms with Gasteiger partial charge in [-0.1, -0.05) is 20.8 Å². The Morgan fingerprint density at radius 1 is 1.35 bits per heavy atom. The van der Waals surface area contributed by atoms with Gasteiger partial charge < -0.3 is 9.30 Å². The van der Waals surface area contributed by atoms with Crippen molar-refractivity contribution in [3.8, 4) is 0 Å². The fourth-order valence-electron chi connectivity index (χ4n) is 1.11. The fourth-order valence-corrected chi connectivity index (χ4v) is 1.11. The molecule has 4 nitrogen and oxygen atoms in total. The van der Waals surface area contributed by atoms with E-state index in [1.54, 1.807) is 17.0 Å². The average Bonchev–Trinajstić information content (AvgIpc) is 2.20. The van der Waals surface area contributed by atoms with Gasteiger partial charge >= 0.3 is 5.97 Å². The molecule has 0 spiro atoms. The summed E-state index contributed by atoms with van der Waals surface area (Å²) in [5.74, 6) is -0.295. The maximum Gasteiger partial charge on any atom is 0.326 e. The zero-order chi connectivity index (χ0) is 13.1. The minimum absolute atomic E-state index is 0.0702. The van der Waals surface area contributed by atoms with Crippen molar-refractivity contribution >= 4 is 5.97 Å². The molecule has 0 saturated carbocycles. The average molecular weight is 237 g/mol. The first-order valence-corrected chi connectivity index (χ1v) is 5.64. The summed E-state index contributed by atoms with van der Waals surface area (Å²) >= 11 is 0. The van der Waals surface area contributed by atoms with Crippen LogP contribution in [-0.4, -0.2) is 16.6 Å². The van der Waals surface area contributed by atoms with E-state index in [0.29, 0.717) is 0 Å². The normalized spacial score (nSPS) is 13.2. The predicted octanol–water partition coefficient (Wildman–Crippen LogP) is 1.83. The van der Waals surface area contributed by atoms with Crippen molar-refractivity contribution in [2.45, 2.75) is 40.3 Å². The highest BCUT2D eigenvalue weighted by Crippen LogP contribution is 2.21. The summed E-state index contributed by atoms with van der Waals surface area (Å²) in [5.41, 5.74) is -0.142. The van der Waals surface area contributed by atoms with E-state index in [0.717, 1.165) is 0 Å². The van der Waals surface area contributed by atoms with Gasteiger partial charge in [0.2, 0.25) is 0 Å². The van der Waals surface area contributed by atoms with Gasteiger partial charge in [-0.05, 0) is 12.3 Å². The van der Waals surface area contributed by atoms with Gasteiger partial charge in [0.1, 0.15) is 12.6 Å². The highest BCUT2D eigenvalue weighted by Gasteiger charge is 2.23. The van der Waals surface area contributed by atoms with Gasteiger partial charge in [-0.25, -0.2) is 0 Å². The van der Waals surface area contributed by atoms with Crippen LogP contribution in [0, 0.1) is 5.41 Å². The smallest absolute Gasteiger partial charge is 0.326 e. The standard InChI is InChI=1S/C13H19NO3/c1-10(13(2,3)4)17-12(16)9-14-7-5-11(15)6-8-14/h5-8,10H,9H2,1-4H3/t10-/m1/s1. The molecular weight excluding hydrogens is 218 g/mol. The maximum atomic E-state index is 11.6. The quantitative estimate of drug-likeness (QED) is 0.753. The van der Waals surface area contributed by atoms with Crippen LogP contribution in [0.25, 0.3) is 0 Å². The van der Waals surface area contributed by atoms with Crippen LogP contribution in [0.2, 0.25) is 0 Å². The van der Waals surface area contributed by atoms with E-state index in [9.17, 15) is 9.59 Å². The third-order valence-corrected chi connectivity index (χ3v) is 2.70. The van der Waals surface area contributed by atoms with Crippen molar-refractivity contribution in [2.24, 2.45) is 5.41 Å². The zero-order valence-electron chi connectivity index (χ0n) is 10.8. The van der Waals surface area contributed by atoms with Gasteiger partial charge in [-0.15, -0.1) is 0 Å². The van der Waals surface area contributed by atoms with E-state index in [1.165, 1.54) is 12.1 Å². The lowest BCUT2D eigenvalue weighted by Crippen LogP contribution is -2.30. The minimum atomic E-state index is -0.295. The second-order valence-electron chi connectivity index (χ2n) is 5.20. The molecule has 1 aromatic rings. The Balaban J connectivity index is 2.56. The van der Waals surface area contributed by atoms with Gasteiger partial charge in [0.05, 0.1) is 0 Å². The molecule has 94 valence electrons. The van der Waals surface area contributed by atoms with Crippen LogP contribution < -0.4 is 5.43 Å². The summed E-state index contributed by atoms with van der Waals surface area (Å²) in [4.78, 5) is 22.5. The lowest BCUT2D eigenvalue weighted by molar-refractivity contribution is -0.154. The van der Waals surface area contributed by atoms with Gasteiger partial charge in [-0.2, -0.15) is 0 Å². The summed E-state index contributed by atoms with van der Waals surface area (Å²) in [6.45, 7) is 8.06. The first-order valence-electron chi connectivity index (χ1n) is 5.64. The molecule has 0 aromatic carbocycles. The number of rotatable bonds is 3. The number of nitrogens with zero attached hydrogens (tertiary/aromatic N) is 1. The van der Waals surface area contributed by atoms with Crippen LogP contribution in [0.3, 0.4) is 0 Å². The van der Waals surface area contributed by atoms with Gasteiger partial charge in [-0.3, -0.25) is 9.59 Å². The summed E-state index contributed by atoms with van der Waals surface area (Å²) in [6.07, 6.45) is 3.01. The van der Waals surface area contributed by atoms with Crippen molar-refractivity contribution in [1.29, 1.82) is 0 Å². The molecule has 1 atom stereocenters. The van der Waals surface area contributed by atoms with Crippen molar-refractivity contribution < 1.29 is 9.53 Å². The van der Waals surface area contributed by atoms with E-state index in [1.807, 2.05) is 27.7 Å². The summed E-state index contributed by atoms with van der Waals surface area (Å²) < 4.78 is 6.94. The number of carbonyl (C=O) groups excluding carboxylic acids is 1. The van der Waals surface area contributed by atoms with Crippen LogP contribution in [0.5, 0.6) is 0 Å². The molecule has 0 unspecified atom stereocenters. The number of ether oxygens (including phenoxy) is 1. The monoisotopic (exact) mass is 237 g/mol. The summed E-state index contributed by atoms with van der Waals surface area (Å²) in [7, 11) is 0. The second kappa shape index (κ2) is 5.17. The Labute approximate surface area is 101 Å². The molecule has 0 fully saturated rings. The van der Waals surface area contributed by atoms with E-state index in [-0.39, 0.29) is 29.5 Å². The molecule has 0 aliphatic carbocycles. The molecule has 0 N–H and O–H groups in total. The van der Waals surface area contributed by atoms with E-state index >= 15 is 0 Å². The molecule has 1 heterocycles. The largest absolute Gasteiger partial charge is 0.461 e. The topological polar surface area (TPSA) is 48.3 Å². The Kier molecular flexibility index (Phi) is 4.10. The first-order chi connectivity index (χ1) is 7.79. The highest BCUT2D eigenvalue weighted by molar-refractivity contribution is 5.69. The van der Waals surface area contributed by atoms with Crippen LogP contribution >= 0.6 is 0 Å². The van der Waals surface area contributed by atoms with E-state index in [4.69, 9.17) is 4.74 Å². The third kappa shape index (κ3) is 4.43. The SMILES string of the molecule is C[C@@H](OC(=O)Cn1ccc(=O)cc1)C(C)(C)C. The Morgan fingerprint density at radius 2 is 1.88 bits per heavy atom. The summed E-state index contributed by atoms with van der Waals surface area (Å²) in [5, 5.41) is 0. The van der Waals surface area contributed by atoms with Crippen LogP contribution in [0.1, 0.15) is 27.7 Å². The second-order valence-corrected chi connectivity index (χ2v) is 5.20. The number of hydrogen-bond donors (Lipinski definition) is 0. The van der Waals surface area contributed by atoms with Crippen LogP contribution in [0.4, 0.5) is 0 Å². The zero-order valence-corrected chi connectivity index (χ0v) is 10.8. The molecule has 0 bridgehead atoms. The molecule has 0 amide bonds. The molecule has 4 heteroatoms. The Morgan fingerprint density at radius 3 is 2.35 bits per heavy atom. The number of pyridine rings is 1. The number of carbonyl (C=O) groups is 1. The third-order valence-electron chi connectivity index (χ3n) is 2.70. The molecule has 1 rings (SSSR count). The van der Waals surface area contributed by atoms with Crippen molar-refractivity contribution in [1.82, 2.24) is 4.57 Å². The lowest BCUT2D eigenvalue weighted by atomic mass is 9.90. The number of hydrogen-bond acceptors (Lipinski definition) is 3.